The molecule has 1 aliphatic rings. The van der Waals surface area contributed by atoms with Gasteiger partial charge in [-0.1, -0.05) is 0 Å². The van der Waals surface area contributed by atoms with Gasteiger partial charge in [-0.15, -0.1) is 0 Å². The molecule has 0 unspecified atom stereocenters. The highest BCUT2D eigenvalue weighted by atomic mass is 19.1. The van der Waals surface area contributed by atoms with E-state index in [1.165, 1.54) is 12.1 Å². The Bertz CT molecular complexity index is 694. The Morgan fingerprint density at radius 1 is 1.16 bits per heavy atom. The first-order chi connectivity index (χ1) is 12.0. The normalized spacial score (nSPS) is 16.0. The van der Waals surface area contributed by atoms with Crippen molar-refractivity contribution < 1.29 is 8.78 Å². The number of halogens is 2. The van der Waals surface area contributed by atoms with Crippen LogP contribution in [0.2, 0.25) is 0 Å². The van der Waals surface area contributed by atoms with E-state index in [1.807, 2.05) is 25.1 Å². The van der Waals surface area contributed by atoms with Crippen molar-refractivity contribution in [2.24, 2.45) is 0 Å². The van der Waals surface area contributed by atoms with Crippen LogP contribution in [0.4, 0.5) is 20.5 Å². The number of benzene rings is 1. The van der Waals surface area contributed by atoms with Gasteiger partial charge in [-0.3, -0.25) is 4.90 Å². The van der Waals surface area contributed by atoms with Gasteiger partial charge in [0.15, 0.2) is 0 Å². The maximum atomic E-state index is 13.3. The molecule has 0 saturated carbocycles. The lowest BCUT2D eigenvalue weighted by atomic mass is 10.0. The van der Waals surface area contributed by atoms with Crippen LogP contribution in [0, 0.1) is 11.6 Å². The van der Waals surface area contributed by atoms with Gasteiger partial charge in [0.25, 0.3) is 0 Å². The average molecular weight is 347 g/mol. The van der Waals surface area contributed by atoms with Gasteiger partial charge in [0.1, 0.15) is 17.5 Å². The quantitative estimate of drug-likeness (QED) is 0.901. The third-order valence-corrected chi connectivity index (χ3v) is 4.31. The molecule has 2 heterocycles. The summed E-state index contributed by atoms with van der Waals surface area (Å²) in [6.07, 6.45) is 3.66. The third kappa shape index (κ3) is 4.85. The summed E-state index contributed by atoms with van der Waals surface area (Å²) >= 11 is 0. The highest BCUT2D eigenvalue weighted by Gasteiger charge is 2.20. The average Bonchev–Trinajstić information content (AvgIpc) is 2.56. The first kappa shape index (κ1) is 17.5. The van der Waals surface area contributed by atoms with E-state index in [-0.39, 0.29) is 0 Å². The molecule has 0 bridgehead atoms. The number of likely N-dealkylation sites (tertiary alicyclic amines) is 1. The van der Waals surface area contributed by atoms with Crippen molar-refractivity contribution in [3.8, 4) is 0 Å². The number of nitrogens with one attached hydrogen (secondary N) is 1. The minimum absolute atomic E-state index is 0.338. The maximum absolute atomic E-state index is 13.3. The topological polar surface area (TPSA) is 44.3 Å². The summed E-state index contributed by atoms with van der Waals surface area (Å²) in [5.41, 5.74) is 0.676. The van der Waals surface area contributed by atoms with E-state index in [2.05, 4.69) is 20.2 Å². The van der Waals surface area contributed by atoms with Crippen LogP contribution < -0.4 is 10.2 Å². The van der Waals surface area contributed by atoms with Crippen LogP contribution >= 0.6 is 0 Å². The molecular weight excluding hydrogens is 324 g/mol. The fraction of sp³-hybridized carbons (Fsp3) is 0.444. The molecule has 2 aromatic rings. The van der Waals surface area contributed by atoms with Gasteiger partial charge in [-0.2, -0.15) is 4.98 Å². The van der Waals surface area contributed by atoms with Gasteiger partial charge in [0.05, 0.1) is 0 Å². The molecule has 1 fully saturated rings. The van der Waals surface area contributed by atoms with E-state index < -0.39 is 11.6 Å². The number of nitrogens with zero attached hydrogens (tertiary/aromatic N) is 4. The zero-order valence-electron chi connectivity index (χ0n) is 14.5. The molecule has 134 valence electrons. The molecule has 25 heavy (non-hydrogen) atoms. The number of piperidine rings is 1. The van der Waals surface area contributed by atoms with E-state index in [0.29, 0.717) is 24.1 Å². The van der Waals surface area contributed by atoms with Crippen molar-refractivity contribution in [2.45, 2.75) is 25.4 Å². The molecule has 5 nitrogen and oxygen atoms in total. The lowest BCUT2D eigenvalue weighted by Crippen LogP contribution is -2.38. The summed E-state index contributed by atoms with van der Waals surface area (Å²) in [6.45, 7) is 2.32. The number of rotatable bonds is 5. The van der Waals surface area contributed by atoms with Crippen molar-refractivity contribution in [1.82, 2.24) is 14.9 Å². The molecule has 0 spiro atoms. The lowest BCUT2D eigenvalue weighted by molar-refractivity contribution is 0.210. The first-order valence-electron chi connectivity index (χ1n) is 8.44. The molecule has 0 radical (unpaired) electrons. The molecule has 3 rings (SSSR count). The van der Waals surface area contributed by atoms with Crippen LogP contribution in [-0.2, 0) is 6.54 Å². The van der Waals surface area contributed by atoms with Gasteiger partial charge < -0.3 is 10.2 Å². The molecule has 0 amide bonds. The predicted octanol–water partition coefficient (Wildman–Crippen LogP) is 2.90. The standard InChI is InChI=1S/C18H23F2N5/c1-24(2)18-21-6-3-17(23-18)22-16-4-7-25(8-5-16)12-13-9-14(19)11-15(20)10-13/h3,6,9-11,16H,4-5,7-8,12H2,1-2H3,(H,21,22,23). The summed E-state index contributed by atoms with van der Waals surface area (Å²) in [7, 11) is 3.82. The second-order valence-electron chi connectivity index (χ2n) is 6.61. The van der Waals surface area contributed by atoms with Crippen LogP contribution in [0.15, 0.2) is 30.5 Å². The number of hydrogen-bond donors (Lipinski definition) is 1. The van der Waals surface area contributed by atoms with Crippen LogP contribution in [-0.4, -0.2) is 48.1 Å². The minimum Gasteiger partial charge on any atom is -0.367 e. The molecular formula is C18H23F2N5. The van der Waals surface area contributed by atoms with Gasteiger partial charge >= 0.3 is 0 Å². The van der Waals surface area contributed by atoms with Crippen LogP contribution in [0.5, 0.6) is 0 Å². The van der Waals surface area contributed by atoms with Crippen LogP contribution in [0.25, 0.3) is 0 Å². The second-order valence-corrected chi connectivity index (χ2v) is 6.61. The SMILES string of the molecule is CN(C)c1nccc(NC2CCN(Cc3cc(F)cc(F)c3)CC2)n1. The van der Waals surface area contributed by atoms with E-state index in [9.17, 15) is 8.78 Å². The molecule has 7 heteroatoms. The first-order valence-corrected chi connectivity index (χ1v) is 8.44. The Labute approximate surface area is 146 Å². The number of hydrogen-bond acceptors (Lipinski definition) is 5. The minimum atomic E-state index is -0.521. The fourth-order valence-corrected chi connectivity index (χ4v) is 3.05. The molecule has 0 aliphatic carbocycles. The zero-order valence-corrected chi connectivity index (χ0v) is 14.5. The largest absolute Gasteiger partial charge is 0.367 e. The Balaban J connectivity index is 1.52. The Hall–Kier alpha value is -2.28. The van der Waals surface area contributed by atoms with Crippen molar-refractivity contribution in [1.29, 1.82) is 0 Å². The summed E-state index contributed by atoms with van der Waals surface area (Å²) in [6, 6.07) is 5.91. The fourth-order valence-electron chi connectivity index (χ4n) is 3.05. The van der Waals surface area contributed by atoms with E-state index >= 15 is 0 Å². The highest BCUT2D eigenvalue weighted by Crippen LogP contribution is 2.19. The zero-order chi connectivity index (χ0) is 17.8. The van der Waals surface area contributed by atoms with Crippen molar-refractivity contribution >= 4 is 11.8 Å². The van der Waals surface area contributed by atoms with Gasteiger partial charge in [-0.05, 0) is 36.6 Å². The Morgan fingerprint density at radius 2 is 1.84 bits per heavy atom. The van der Waals surface area contributed by atoms with E-state index in [0.717, 1.165) is 37.8 Å². The molecule has 1 aliphatic heterocycles. The Kier molecular flexibility index (Phi) is 5.43. The summed E-state index contributed by atoms with van der Waals surface area (Å²) in [5.74, 6) is 0.457. The van der Waals surface area contributed by atoms with Gasteiger partial charge in [-0.25, -0.2) is 13.8 Å². The predicted molar refractivity (Wildman–Crippen MR) is 94.6 cm³/mol. The number of aromatic nitrogens is 2. The maximum Gasteiger partial charge on any atom is 0.226 e. The van der Waals surface area contributed by atoms with Gasteiger partial charge in [0.2, 0.25) is 5.95 Å². The molecule has 1 saturated heterocycles. The van der Waals surface area contributed by atoms with Gasteiger partial charge in [0, 0.05) is 52.0 Å². The smallest absolute Gasteiger partial charge is 0.226 e. The van der Waals surface area contributed by atoms with Crippen molar-refractivity contribution in [3.63, 3.8) is 0 Å². The third-order valence-electron chi connectivity index (χ3n) is 4.31. The van der Waals surface area contributed by atoms with Crippen molar-refractivity contribution in [2.75, 3.05) is 37.4 Å². The van der Waals surface area contributed by atoms with E-state index in [1.54, 1.807) is 6.20 Å². The number of anilines is 2. The second kappa shape index (κ2) is 7.74. The summed E-state index contributed by atoms with van der Waals surface area (Å²) in [5, 5.41) is 3.45. The van der Waals surface area contributed by atoms with Crippen LogP contribution in [0.1, 0.15) is 18.4 Å². The molecule has 0 atom stereocenters. The lowest BCUT2D eigenvalue weighted by Gasteiger charge is -2.32. The molecule has 1 aromatic heterocycles. The summed E-state index contributed by atoms with van der Waals surface area (Å²) < 4.78 is 26.6. The monoisotopic (exact) mass is 347 g/mol. The Morgan fingerprint density at radius 3 is 2.48 bits per heavy atom. The van der Waals surface area contributed by atoms with E-state index in [4.69, 9.17) is 0 Å². The molecule has 1 N–H and O–H groups in total. The summed E-state index contributed by atoms with van der Waals surface area (Å²) in [4.78, 5) is 12.8. The van der Waals surface area contributed by atoms with Crippen LogP contribution in [0.3, 0.4) is 0 Å². The van der Waals surface area contributed by atoms with Crippen molar-refractivity contribution in [3.05, 3.63) is 47.7 Å². The molecule has 1 aromatic carbocycles. The highest BCUT2D eigenvalue weighted by molar-refractivity contribution is 5.41.